The molecule has 0 aromatic heterocycles. The van der Waals surface area contributed by atoms with Crippen LogP contribution < -0.4 is 5.32 Å². The number of carbonyl (C=O) groups excluding carboxylic acids is 1. The van der Waals surface area contributed by atoms with Crippen molar-refractivity contribution in [3.05, 3.63) is 27.8 Å². The van der Waals surface area contributed by atoms with Gasteiger partial charge < -0.3 is 15.3 Å². The Kier molecular flexibility index (Phi) is 4.85. The third-order valence-electron chi connectivity index (χ3n) is 3.58. The van der Waals surface area contributed by atoms with Crippen LogP contribution in [0.3, 0.4) is 0 Å². The average molecular weight is 388 g/mol. The fourth-order valence-corrected chi connectivity index (χ4v) is 2.79. The minimum atomic E-state index is -0.769. The molecule has 2 rings (SSSR count). The van der Waals surface area contributed by atoms with Crippen molar-refractivity contribution in [3.63, 3.8) is 0 Å². The van der Waals surface area contributed by atoms with Gasteiger partial charge in [-0.3, -0.25) is 4.79 Å². The van der Waals surface area contributed by atoms with Crippen LogP contribution in [0.2, 0.25) is 0 Å². The lowest BCUT2D eigenvalue weighted by atomic mass is 9.92. The molecule has 1 aliphatic rings. The number of likely N-dealkylation sites (tertiary alicyclic amines) is 1. The zero-order valence-electron chi connectivity index (χ0n) is 11.2. The summed E-state index contributed by atoms with van der Waals surface area (Å²) < 4.78 is 1.11. The highest BCUT2D eigenvalue weighted by Crippen LogP contribution is 2.24. The number of aliphatic carboxylic acids is 1. The Balaban J connectivity index is 1.96. The number of urea groups is 1. The summed E-state index contributed by atoms with van der Waals surface area (Å²) in [6, 6.07) is 7.34. The number of amides is 2. The van der Waals surface area contributed by atoms with Crippen molar-refractivity contribution in [3.8, 4) is 0 Å². The highest BCUT2D eigenvalue weighted by molar-refractivity contribution is 14.1. The van der Waals surface area contributed by atoms with E-state index in [0.717, 1.165) is 9.26 Å². The zero-order chi connectivity index (χ0) is 14.7. The first kappa shape index (κ1) is 15.1. The summed E-state index contributed by atoms with van der Waals surface area (Å²) in [4.78, 5) is 24.9. The second-order valence-corrected chi connectivity index (χ2v) is 6.28. The van der Waals surface area contributed by atoms with E-state index in [4.69, 9.17) is 5.11 Å². The molecule has 0 bridgehead atoms. The molecule has 0 aliphatic carbocycles. The Labute approximate surface area is 131 Å². The van der Waals surface area contributed by atoms with Crippen LogP contribution in [0, 0.1) is 9.49 Å². The van der Waals surface area contributed by atoms with Crippen molar-refractivity contribution in [1.29, 1.82) is 0 Å². The third-order valence-corrected chi connectivity index (χ3v) is 4.30. The first-order valence-corrected chi connectivity index (χ1v) is 7.61. The Hall–Kier alpha value is -1.31. The highest BCUT2D eigenvalue weighted by Gasteiger charge is 2.32. The molecule has 2 atom stereocenters. The minimum Gasteiger partial charge on any atom is -0.481 e. The molecule has 1 fully saturated rings. The van der Waals surface area contributed by atoms with E-state index < -0.39 is 5.97 Å². The lowest BCUT2D eigenvalue weighted by Gasteiger charge is -2.36. The van der Waals surface area contributed by atoms with E-state index in [9.17, 15) is 9.59 Å². The monoisotopic (exact) mass is 388 g/mol. The Morgan fingerprint density at radius 2 is 2.00 bits per heavy atom. The molecular weight excluding hydrogens is 371 g/mol. The Morgan fingerprint density at radius 1 is 1.35 bits per heavy atom. The maximum absolute atomic E-state index is 12.2. The van der Waals surface area contributed by atoms with E-state index in [2.05, 4.69) is 27.9 Å². The number of carboxylic acids is 1. The van der Waals surface area contributed by atoms with Crippen molar-refractivity contribution < 1.29 is 14.7 Å². The number of nitrogens with zero attached hydrogens (tertiary/aromatic N) is 1. The second kappa shape index (κ2) is 6.43. The number of halogens is 1. The number of nitrogens with one attached hydrogen (secondary N) is 1. The SMILES string of the molecule is CC1CC(C(=O)O)CCN1C(=O)Nc1ccc(I)cc1. The second-order valence-electron chi connectivity index (χ2n) is 5.04. The molecule has 108 valence electrons. The van der Waals surface area contributed by atoms with Gasteiger partial charge in [0.2, 0.25) is 0 Å². The van der Waals surface area contributed by atoms with Gasteiger partial charge in [-0.25, -0.2) is 4.79 Å². The number of anilines is 1. The number of piperidine rings is 1. The first-order chi connectivity index (χ1) is 9.47. The fraction of sp³-hybridized carbons (Fsp3) is 0.429. The summed E-state index contributed by atoms with van der Waals surface area (Å²) in [7, 11) is 0. The molecule has 20 heavy (non-hydrogen) atoms. The van der Waals surface area contributed by atoms with Gasteiger partial charge in [0.05, 0.1) is 5.92 Å². The van der Waals surface area contributed by atoms with Gasteiger partial charge in [-0.05, 0) is 66.6 Å². The number of carbonyl (C=O) groups is 2. The largest absolute Gasteiger partial charge is 0.481 e. The molecule has 2 unspecified atom stereocenters. The van der Waals surface area contributed by atoms with Gasteiger partial charge in [0, 0.05) is 21.8 Å². The average Bonchev–Trinajstić information content (AvgIpc) is 2.41. The molecule has 1 saturated heterocycles. The van der Waals surface area contributed by atoms with Crippen LogP contribution in [0.1, 0.15) is 19.8 Å². The van der Waals surface area contributed by atoms with E-state index in [1.165, 1.54) is 0 Å². The quantitative estimate of drug-likeness (QED) is 0.766. The molecule has 0 radical (unpaired) electrons. The molecule has 0 saturated carbocycles. The molecule has 5 nitrogen and oxygen atoms in total. The van der Waals surface area contributed by atoms with E-state index in [-0.39, 0.29) is 18.0 Å². The van der Waals surface area contributed by atoms with E-state index in [1.807, 2.05) is 31.2 Å². The number of benzene rings is 1. The van der Waals surface area contributed by atoms with Crippen LogP contribution in [0.15, 0.2) is 24.3 Å². The summed E-state index contributed by atoms with van der Waals surface area (Å²) >= 11 is 2.21. The number of carboxylic acid groups (broad SMARTS) is 1. The molecular formula is C14H17IN2O3. The topological polar surface area (TPSA) is 69.6 Å². The molecule has 2 amide bonds. The standard InChI is InChI=1S/C14H17IN2O3/c1-9-8-10(13(18)19)6-7-17(9)14(20)16-12-4-2-11(15)3-5-12/h2-5,9-10H,6-8H2,1H3,(H,16,20)(H,18,19). The van der Waals surface area contributed by atoms with Crippen molar-refractivity contribution in [2.45, 2.75) is 25.8 Å². The van der Waals surface area contributed by atoms with E-state index >= 15 is 0 Å². The number of rotatable bonds is 2. The van der Waals surface area contributed by atoms with Gasteiger partial charge in [-0.15, -0.1) is 0 Å². The van der Waals surface area contributed by atoms with Gasteiger partial charge in [-0.2, -0.15) is 0 Å². The molecule has 0 spiro atoms. The van der Waals surface area contributed by atoms with Gasteiger partial charge >= 0.3 is 12.0 Å². The molecule has 1 heterocycles. The maximum Gasteiger partial charge on any atom is 0.322 e. The fourth-order valence-electron chi connectivity index (χ4n) is 2.43. The van der Waals surface area contributed by atoms with Crippen molar-refractivity contribution in [1.82, 2.24) is 4.90 Å². The minimum absolute atomic E-state index is 0.0614. The van der Waals surface area contributed by atoms with Crippen LogP contribution in [-0.2, 0) is 4.79 Å². The maximum atomic E-state index is 12.2. The summed E-state index contributed by atoms with van der Waals surface area (Å²) in [6.45, 7) is 2.37. The normalized spacial score (nSPS) is 22.4. The number of hydrogen-bond acceptors (Lipinski definition) is 2. The predicted octanol–water partition coefficient (Wildman–Crippen LogP) is 3.01. The van der Waals surface area contributed by atoms with Crippen LogP contribution in [0.5, 0.6) is 0 Å². The first-order valence-electron chi connectivity index (χ1n) is 6.53. The molecule has 1 aromatic carbocycles. The van der Waals surface area contributed by atoms with Gasteiger partial charge in [0.15, 0.2) is 0 Å². The Bertz CT molecular complexity index is 504. The van der Waals surface area contributed by atoms with Gasteiger partial charge in [-0.1, -0.05) is 0 Å². The lowest BCUT2D eigenvalue weighted by molar-refractivity contribution is -0.143. The molecule has 1 aromatic rings. The summed E-state index contributed by atoms with van der Waals surface area (Å²) in [6.07, 6.45) is 1.02. The third kappa shape index (κ3) is 3.62. The van der Waals surface area contributed by atoms with Crippen LogP contribution >= 0.6 is 22.6 Å². The van der Waals surface area contributed by atoms with Gasteiger partial charge in [0.1, 0.15) is 0 Å². The Morgan fingerprint density at radius 3 is 2.55 bits per heavy atom. The molecule has 1 aliphatic heterocycles. The summed E-state index contributed by atoms with van der Waals surface area (Å²) in [5.74, 6) is -1.11. The zero-order valence-corrected chi connectivity index (χ0v) is 13.3. The van der Waals surface area contributed by atoms with Crippen molar-refractivity contribution >= 4 is 40.3 Å². The highest BCUT2D eigenvalue weighted by atomic mass is 127. The van der Waals surface area contributed by atoms with E-state index in [0.29, 0.717) is 19.4 Å². The van der Waals surface area contributed by atoms with E-state index in [1.54, 1.807) is 4.90 Å². The smallest absolute Gasteiger partial charge is 0.322 e. The van der Waals surface area contributed by atoms with Crippen LogP contribution in [-0.4, -0.2) is 34.6 Å². The number of hydrogen-bond donors (Lipinski definition) is 2. The van der Waals surface area contributed by atoms with Crippen LogP contribution in [0.4, 0.5) is 10.5 Å². The summed E-state index contributed by atoms with van der Waals surface area (Å²) in [5, 5.41) is 11.9. The van der Waals surface area contributed by atoms with Crippen molar-refractivity contribution in [2.24, 2.45) is 5.92 Å². The van der Waals surface area contributed by atoms with Gasteiger partial charge in [0.25, 0.3) is 0 Å². The summed E-state index contributed by atoms with van der Waals surface area (Å²) in [5.41, 5.74) is 0.753. The lowest BCUT2D eigenvalue weighted by Crippen LogP contribution is -2.47. The van der Waals surface area contributed by atoms with Crippen LogP contribution in [0.25, 0.3) is 0 Å². The molecule has 2 N–H and O–H groups in total. The molecule has 6 heteroatoms. The van der Waals surface area contributed by atoms with Crippen molar-refractivity contribution in [2.75, 3.05) is 11.9 Å². The predicted molar refractivity (Wildman–Crippen MR) is 84.7 cm³/mol.